The molecule has 0 bridgehead atoms. The Morgan fingerprint density at radius 1 is 1.38 bits per heavy atom. The number of nitrogens with one attached hydrogen (secondary N) is 1. The molecule has 2 rings (SSSR count). The van der Waals surface area contributed by atoms with Gasteiger partial charge in [-0.25, -0.2) is 0 Å². The molecule has 0 aliphatic heterocycles. The molecule has 0 atom stereocenters. The molecule has 1 aromatic heterocycles. The van der Waals surface area contributed by atoms with Gasteiger partial charge in [0.1, 0.15) is 12.3 Å². The van der Waals surface area contributed by atoms with E-state index in [9.17, 15) is 4.79 Å². The van der Waals surface area contributed by atoms with Crippen molar-refractivity contribution in [3.8, 4) is 11.8 Å². The molecular formula is C15H12Cl2N2O2. The largest absolute Gasteiger partial charge is 0.384 e. The minimum atomic E-state index is -0.321. The average Bonchev–Trinajstić information content (AvgIpc) is 2.78. The fourth-order valence-corrected chi connectivity index (χ4v) is 2.19. The Bertz CT molecular complexity index is 742. The summed E-state index contributed by atoms with van der Waals surface area (Å²) in [6, 6.07) is 6.56. The molecule has 0 fully saturated rings. The number of halogens is 2. The number of rotatable bonds is 2. The summed E-state index contributed by atoms with van der Waals surface area (Å²) < 4.78 is 1.63. The van der Waals surface area contributed by atoms with Gasteiger partial charge in [0.2, 0.25) is 0 Å². The van der Waals surface area contributed by atoms with Gasteiger partial charge in [0.25, 0.3) is 5.91 Å². The molecule has 2 N–H and O–H groups in total. The van der Waals surface area contributed by atoms with Crippen molar-refractivity contribution in [1.29, 1.82) is 0 Å². The number of aryl methyl sites for hydroxylation is 1. The van der Waals surface area contributed by atoms with E-state index in [0.29, 0.717) is 27.0 Å². The van der Waals surface area contributed by atoms with Crippen molar-refractivity contribution in [2.75, 3.05) is 11.9 Å². The van der Waals surface area contributed by atoms with Crippen LogP contribution in [0.5, 0.6) is 0 Å². The van der Waals surface area contributed by atoms with Crippen LogP contribution in [0.1, 0.15) is 16.1 Å². The van der Waals surface area contributed by atoms with Crippen molar-refractivity contribution < 1.29 is 9.90 Å². The molecule has 0 saturated carbocycles. The van der Waals surface area contributed by atoms with E-state index in [2.05, 4.69) is 17.2 Å². The van der Waals surface area contributed by atoms with Gasteiger partial charge in [0.15, 0.2) is 0 Å². The Kier molecular flexibility index (Phi) is 4.92. The maximum atomic E-state index is 12.2. The van der Waals surface area contributed by atoms with E-state index in [0.717, 1.165) is 0 Å². The predicted octanol–water partition coefficient (Wildman–Crippen LogP) is 2.93. The number of hydrogen-bond donors (Lipinski definition) is 2. The summed E-state index contributed by atoms with van der Waals surface area (Å²) in [5.41, 5.74) is 1.51. The molecule has 0 aliphatic carbocycles. The summed E-state index contributed by atoms with van der Waals surface area (Å²) in [5.74, 6) is 4.97. The van der Waals surface area contributed by atoms with Gasteiger partial charge in [-0.15, -0.1) is 0 Å². The molecule has 0 saturated heterocycles. The van der Waals surface area contributed by atoms with Crippen molar-refractivity contribution in [3.05, 3.63) is 51.8 Å². The van der Waals surface area contributed by atoms with Crippen LogP contribution in [0.2, 0.25) is 10.0 Å². The molecule has 108 valence electrons. The normalized spacial score (nSPS) is 9.90. The number of amides is 1. The van der Waals surface area contributed by atoms with Crippen LogP contribution in [0.25, 0.3) is 0 Å². The zero-order chi connectivity index (χ0) is 15.4. The van der Waals surface area contributed by atoms with E-state index in [4.69, 9.17) is 28.3 Å². The number of carbonyl (C=O) groups excluding carboxylic acids is 1. The Hall–Kier alpha value is -1.93. The second-order valence-electron chi connectivity index (χ2n) is 4.26. The highest BCUT2D eigenvalue weighted by atomic mass is 35.5. The lowest BCUT2D eigenvalue weighted by molar-refractivity contribution is 0.101. The summed E-state index contributed by atoms with van der Waals surface area (Å²) in [6.45, 7) is -0.230. The van der Waals surface area contributed by atoms with Gasteiger partial charge >= 0.3 is 0 Å². The van der Waals surface area contributed by atoms with Crippen LogP contribution in [0.15, 0.2) is 30.5 Å². The molecule has 0 spiro atoms. The predicted molar refractivity (Wildman–Crippen MR) is 83.8 cm³/mol. The van der Waals surface area contributed by atoms with Crippen molar-refractivity contribution in [2.45, 2.75) is 0 Å². The number of benzene rings is 1. The van der Waals surface area contributed by atoms with Gasteiger partial charge in [-0.05, 0) is 24.3 Å². The number of aliphatic hydroxyl groups excluding tert-OH is 1. The first-order valence-corrected chi connectivity index (χ1v) is 6.79. The SMILES string of the molecule is Cn1cc(Cl)cc1C(=O)Nc1cc(C#CCO)ccc1Cl. The lowest BCUT2D eigenvalue weighted by atomic mass is 10.2. The van der Waals surface area contributed by atoms with Crippen LogP contribution >= 0.6 is 23.2 Å². The van der Waals surface area contributed by atoms with E-state index in [1.807, 2.05) is 0 Å². The van der Waals surface area contributed by atoms with Crippen LogP contribution in [0.4, 0.5) is 5.69 Å². The quantitative estimate of drug-likeness (QED) is 0.835. The highest BCUT2D eigenvalue weighted by Crippen LogP contribution is 2.24. The number of hydrogen-bond acceptors (Lipinski definition) is 2. The van der Waals surface area contributed by atoms with Crippen molar-refractivity contribution in [3.63, 3.8) is 0 Å². The third-order valence-electron chi connectivity index (χ3n) is 2.73. The fraction of sp³-hybridized carbons (Fsp3) is 0.133. The molecule has 21 heavy (non-hydrogen) atoms. The number of aromatic nitrogens is 1. The first-order valence-electron chi connectivity index (χ1n) is 6.03. The Morgan fingerprint density at radius 2 is 2.14 bits per heavy atom. The Labute approximate surface area is 132 Å². The van der Waals surface area contributed by atoms with E-state index in [1.165, 1.54) is 0 Å². The first kappa shape index (κ1) is 15.5. The summed E-state index contributed by atoms with van der Waals surface area (Å²) in [4.78, 5) is 12.2. The lowest BCUT2D eigenvalue weighted by Crippen LogP contribution is -2.15. The van der Waals surface area contributed by atoms with Crippen LogP contribution in [0.3, 0.4) is 0 Å². The number of nitrogens with zero attached hydrogens (tertiary/aromatic N) is 1. The standard InChI is InChI=1S/C15H12Cl2N2O2/c1-19-9-11(16)8-14(19)15(21)18-13-7-10(3-2-6-20)4-5-12(13)17/h4-5,7-9,20H,6H2,1H3,(H,18,21). The summed E-state index contributed by atoms with van der Waals surface area (Å²) in [7, 11) is 1.73. The Morgan fingerprint density at radius 3 is 2.76 bits per heavy atom. The second kappa shape index (κ2) is 6.68. The van der Waals surface area contributed by atoms with Crippen molar-refractivity contribution in [2.24, 2.45) is 7.05 Å². The molecule has 0 aliphatic rings. The minimum absolute atomic E-state index is 0.230. The molecule has 1 heterocycles. The molecule has 4 nitrogen and oxygen atoms in total. The number of carbonyl (C=O) groups is 1. The Balaban J connectivity index is 2.26. The summed E-state index contributed by atoms with van der Waals surface area (Å²) in [5, 5.41) is 12.3. The highest BCUT2D eigenvalue weighted by Gasteiger charge is 2.13. The van der Waals surface area contributed by atoms with Gasteiger partial charge in [-0.3, -0.25) is 4.79 Å². The van der Waals surface area contributed by atoms with E-state index >= 15 is 0 Å². The molecule has 1 amide bonds. The minimum Gasteiger partial charge on any atom is -0.384 e. The highest BCUT2D eigenvalue weighted by molar-refractivity contribution is 6.34. The van der Waals surface area contributed by atoms with Crippen LogP contribution in [-0.2, 0) is 7.05 Å². The van der Waals surface area contributed by atoms with Gasteiger partial charge in [-0.1, -0.05) is 35.0 Å². The number of aliphatic hydroxyl groups is 1. The maximum absolute atomic E-state index is 12.2. The van der Waals surface area contributed by atoms with Gasteiger partial charge in [0, 0.05) is 18.8 Å². The molecule has 1 aromatic carbocycles. The lowest BCUT2D eigenvalue weighted by Gasteiger charge is -2.08. The van der Waals surface area contributed by atoms with Gasteiger partial charge in [0.05, 0.1) is 15.7 Å². The average molecular weight is 323 g/mol. The van der Waals surface area contributed by atoms with Crippen LogP contribution in [-0.4, -0.2) is 22.2 Å². The second-order valence-corrected chi connectivity index (χ2v) is 5.11. The first-order chi connectivity index (χ1) is 10.0. The molecule has 0 unspecified atom stereocenters. The van der Waals surface area contributed by atoms with Gasteiger partial charge in [-0.2, -0.15) is 0 Å². The summed E-state index contributed by atoms with van der Waals surface area (Å²) in [6.07, 6.45) is 1.64. The summed E-state index contributed by atoms with van der Waals surface area (Å²) >= 11 is 11.9. The maximum Gasteiger partial charge on any atom is 0.272 e. The van der Waals surface area contributed by atoms with Crippen LogP contribution in [0, 0.1) is 11.8 Å². The third-order valence-corrected chi connectivity index (χ3v) is 3.27. The zero-order valence-electron chi connectivity index (χ0n) is 11.2. The van der Waals surface area contributed by atoms with Crippen molar-refractivity contribution in [1.82, 2.24) is 4.57 Å². The topological polar surface area (TPSA) is 54.3 Å². The fourth-order valence-electron chi connectivity index (χ4n) is 1.78. The van der Waals surface area contributed by atoms with Crippen LogP contribution < -0.4 is 5.32 Å². The van der Waals surface area contributed by atoms with E-state index in [-0.39, 0.29) is 12.5 Å². The molecule has 2 aromatic rings. The van der Waals surface area contributed by atoms with E-state index in [1.54, 1.807) is 42.1 Å². The molecule has 0 radical (unpaired) electrons. The third kappa shape index (κ3) is 3.79. The van der Waals surface area contributed by atoms with Gasteiger partial charge < -0.3 is 15.0 Å². The monoisotopic (exact) mass is 322 g/mol. The molecular weight excluding hydrogens is 311 g/mol. The zero-order valence-corrected chi connectivity index (χ0v) is 12.7. The van der Waals surface area contributed by atoms with Crippen molar-refractivity contribution >= 4 is 34.8 Å². The smallest absolute Gasteiger partial charge is 0.272 e. The number of anilines is 1. The van der Waals surface area contributed by atoms with E-state index < -0.39 is 0 Å². The molecule has 6 heteroatoms.